The molecule has 6 rings (SSSR count). The van der Waals surface area contributed by atoms with Crippen molar-refractivity contribution in [3.63, 3.8) is 0 Å². The zero-order valence-electron chi connectivity index (χ0n) is 23.9. The summed E-state index contributed by atoms with van der Waals surface area (Å²) in [4.78, 5) is 4.35. The second-order valence-corrected chi connectivity index (χ2v) is 13.1. The molecule has 0 fully saturated rings. The molecule has 214 valence electrons. The van der Waals surface area contributed by atoms with Crippen LogP contribution in [0.5, 0.6) is 5.75 Å². The van der Waals surface area contributed by atoms with Gasteiger partial charge in [0.25, 0.3) is 0 Å². The van der Waals surface area contributed by atoms with Gasteiger partial charge in [-0.05, 0) is 85.0 Å². The summed E-state index contributed by atoms with van der Waals surface area (Å²) in [6.07, 6.45) is 6.55. The van der Waals surface area contributed by atoms with E-state index in [2.05, 4.69) is 66.8 Å². The number of unbranched alkanes of at least 4 members (excludes halogenated alkanes) is 3. The SMILES string of the molecule is CCCCCc1ccc(-c2ccc(-c3ccc(-c4ccc(-c5ccc(OCCCC)cc5)s4)c4nsnc34)s2)c(F)c1. The number of benzene rings is 3. The van der Waals surface area contributed by atoms with E-state index in [0.717, 1.165) is 80.4 Å². The number of halogens is 1. The van der Waals surface area contributed by atoms with Gasteiger partial charge in [-0.3, -0.25) is 0 Å². The third-order valence-electron chi connectivity index (χ3n) is 7.43. The number of aromatic nitrogens is 2. The highest BCUT2D eigenvalue weighted by Gasteiger charge is 2.17. The van der Waals surface area contributed by atoms with Gasteiger partial charge >= 0.3 is 0 Å². The number of ether oxygens (including phenoxy) is 1. The molecule has 7 heteroatoms. The van der Waals surface area contributed by atoms with Gasteiger partial charge in [-0.2, -0.15) is 8.75 Å². The number of hydrogen-bond acceptors (Lipinski definition) is 6. The van der Waals surface area contributed by atoms with Crippen molar-refractivity contribution in [3.8, 4) is 47.5 Å². The van der Waals surface area contributed by atoms with E-state index in [1.54, 1.807) is 28.7 Å². The quantitative estimate of drug-likeness (QED) is 0.129. The molecule has 0 saturated heterocycles. The minimum Gasteiger partial charge on any atom is -0.494 e. The smallest absolute Gasteiger partial charge is 0.132 e. The highest BCUT2D eigenvalue weighted by atomic mass is 32.1. The Labute approximate surface area is 259 Å². The monoisotopic (exact) mass is 612 g/mol. The fourth-order valence-electron chi connectivity index (χ4n) is 5.07. The van der Waals surface area contributed by atoms with Crippen molar-refractivity contribution < 1.29 is 9.13 Å². The molecule has 0 aliphatic heterocycles. The lowest BCUT2D eigenvalue weighted by atomic mass is 10.0. The molecule has 0 spiro atoms. The molecule has 3 aromatic heterocycles. The average Bonchev–Trinajstić information content (AvgIpc) is 3.79. The van der Waals surface area contributed by atoms with Gasteiger partial charge in [0, 0.05) is 36.2 Å². The third-order valence-corrected chi connectivity index (χ3v) is 10.3. The summed E-state index contributed by atoms with van der Waals surface area (Å²) < 4.78 is 30.3. The lowest BCUT2D eigenvalue weighted by molar-refractivity contribution is 0.309. The summed E-state index contributed by atoms with van der Waals surface area (Å²) in [5, 5.41) is 0. The van der Waals surface area contributed by atoms with Crippen molar-refractivity contribution >= 4 is 45.4 Å². The van der Waals surface area contributed by atoms with Gasteiger partial charge < -0.3 is 4.74 Å². The largest absolute Gasteiger partial charge is 0.494 e. The summed E-state index contributed by atoms with van der Waals surface area (Å²) in [6.45, 7) is 5.10. The second-order valence-electron chi connectivity index (χ2n) is 10.4. The van der Waals surface area contributed by atoms with Gasteiger partial charge in [0.05, 0.1) is 18.3 Å². The van der Waals surface area contributed by atoms with Crippen molar-refractivity contribution in [2.75, 3.05) is 6.61 Å². The van der Waals surface area contributed by atoms with E-state index >= 15 is 4.39 Å². The van der Waals surface area contributed by atoms with E-state index in [-0.39, 0.29) is 5.82 Å². The van der Waals surface area contributed by atoms with Gasteiger partial charge in [-0.1, -0.05) is 57.4 Å². The van der Waals surface area contributed by atoms with Crippen LogP contribution in [0.2, 0.25) is 0 Å². The first kappa shape index (κ1) is 28.7. The van der Waals surface area contributed by atoms with Crippen LogP contribution in [0, 0.1) is 5.82 Å². The van der Waals surface area contributed by atoms with E-state index in [4.69, 9.17) is 9.11 Å². The van der Waals surface area contributed by atoms with Gasteiger partial charge in [0.2, 0.25) is 0 Å². The molecule has 6 aromatic rings. The Morgan fingerprint density at radius 2 is 1.24 bits per heavy atom. The van der Waals surface area contributed by atoms with Crippen LogP contribution in [0.1, 0.15) is 51.5 Å². The predicted molar refractivity (Wildman–Crippen MR) is 179 cm³/mol. The lowest BCUT2D eigenvalue weighted by Gasteiger charge is -2.06. The second kappa shape index (κ2) is 13.3. The van der Waals surface area contributed by atoms with Crippen molar-refractivity contribution in [1.29, 1.82) is 0 Å². The lowest BCUT2D eigenvalue weighted by Crippen LogP contribution is -1.95. The molecule has 0 atom stereocenters. The topological polar surface area (TPSA) is 35.0 Å². The molecule has 0 unspecified atom stereocenters. The number of nitrogens with zero attached hydrogens (tertiary/aromatic N) is 2. The molecule has 0 saturated carbocycles. The fraction of sp³-hybridized carbons (Fsp3) is 0.257. The van der Waals surface area contributed by atoms with Crippen LogP contribution in [0.3, 0.4) is 0 Å². The maximum atomic E-state index is 15.1. The summed E-state index contributed by atoms with van der Waals surface area (Å²) in [7, 11) is 0. The molecule has 3 aromatic carbocycles. The minimum absolute atomic E-state index is 0.152. The first-order valence-electron chi connectivity index (χ1n) is 14.6. The Morgan fingerprint density at radius 3 is 1.88 bits per heavy atom. The van der Waals surface area contributed by atoms with Crippen molar-refractivity contribution in [2.24, 2.45) is 0 Å². The molecule has 0 aliphatic rings. The van der Waals surface area contributed by atoms with Crippen molar-refractivity contribution in [2.45, 2.75) is 52.4 Å². The van der Waals surface area contributed by atoms with Crippen molar-refractivity contribution in [3.05, 3.63) is 90.2 Å². The maximum absolute atomic E-state index is 15.1. The number of hydrogen-bond donors (Lipinski definition) is 0. The number of aryl methyl sites for hydroxylation is 1. The third kappa shape index (κ3) is 6.19. The Kier molecular flexibility index (Phi) is 9.08. The molecular formula is C35H33FN2OS3. The van der Waals surface area contributed by atoms with Crippen LogP contribution in [0.15, 0.2) is 78.9 Å². The molecule has 3 heterocycles. The standard InChI is InChI=1S/C35H33FN2OS3/c1-3-5-7-8-23-9-14-26(29(36)22-23)31-19-20-33(41-31)28-16-15-27(34-35(28)38-42-37-34)32-18-17-30(40-32)24-10-12-25(13-11-24)39-21-6-4-2/h9-20,22H,3-8,21H2,1-2H3. The van der Waals surface area contributed by atoms with Crippen LogP contribution < -0.4 is 4.74 Å². The van der Waals surface area contributed by atoms with Gasteiger partial charge in [0.15, 0.2) is 0 Å². The van der Waals surface area contributed by atoms with Crippen LogP contribution in [0.25, 0.3) is 52.8 Å². The summed E-state index contributed by atoms with van der Waals surface area (Å²) in [5.41, 5.74) is 6.81. The highest BCUT2D eigenvalue weighted by Crippen LogP contribution is 2.43. The number of fused-ring (bicyclic) bond motifs is 1. The molecule has 0 aliphatic carbocycles. The van der Waals surface area contributed by atoms with Crippen LogP contribution in [-0.4, -0.2) is 15.4 Å². The molecule has 42 heavy (non-hydrogen) atoms. The van der Waals surface area contributed by atoms with Gasteiger partial charge in [-0.25, -0.2) is 4.39 Å². The first-order valence-corrected chi connectivity index (χ1v) is 17.0. The fourth-order valence-corrected chi connectivity index (χ4v) is 7.74. The first-order chi connectivity index (χ1) is 20.6. The number of thiophene rings is 2. The Bertz CT molecular complexity index is 1780. The zero-order chi connectivity index (χ0) is 28.9. The molecule has 3 nitrogen and oxygen atoms in total. The summed E-state index contributed by atoms with van der Waals surface area (Å²) in [5.74, 6) is 0.758. The molecule has 0 radical (unpaired) electrons. The maximum Gasteiger partial charge on any atom is 0.132 e. The summed E-state index contributed by atoms with van der Waals surface area (Å²) >= 11 is 4.59. The van der Waals surface area contributed by atoms with Crippen LogP contribution in [0.4, 0.5) is 4.39 Å². The van der Waals surface area contributed by atoms with E-state index in [1.807, 2.05) is 24.3 Å². The molecule has 0 bridgehead atoms. The van der Waals surface area contributed by atoms with Crippen molar-refractivity contribution in [1.82, 2.24) is 8.75 Å². The van der Waals surface area contributed by atoms with E-state index < -0.39 is 0 Å². The Morgan fingerprint density at radius 1 is 0.643 bits per heavy atom. The predicted octanol–water partition coefficient (Wildman–Crippen LogP) is 11.5. The minimum atomic E-state index is -0.152. The Balaban J connectivity index is 1.23. The Hall–Kier alpha value is -3.39. The highest BCUT2D eigenvalue weighted by molar-refractivity contribution is 7.19. The molecular weight excluding hydrogens is 580 g/mol. The van der Waals surface area contributed by atoms with E-state index in [0.29, 0.717) is 5.56 Å². The van der Waals surface area contributed by atoms with E-state index in [1.165, 1.54) is 35.0 Å². The summed E-state index contributed by atoms with van der Waals surface area (Å²) in [6, 6.07) is 26.7. The normalized spacial score (nSPS) is 11.4. The number of rotatable bonds is 12. The van der Waals surface area contributed by atoms with Gasteiger partial charge in [-0.15, -0.1) is 22.7 Å². The van der Waals surface area contributed by atoms with Crippen LogP contribution in [-0.2, 0) is 6.42 Å². The average molecular weight is 613 g/mol. The molecule has 0 amide bonds. The van der Waals surface area contributed by atoms with Crippen LogP contribution >= 0.6 is 34.4 Å². The van der Waals surface area contributed by atoms with Gasteiger partial charge in [0.1, 0.15) is 22.6 Å². The van der Waals surface area contributed by atoms with E-state index in [9.17, 15) is 0 Å². The zero-order valence-corrected chi connectivity index (χ0v) is 26.3. The molecule has 0 N–H and O–H groups in total.